The van der Waals surface area contributed by atoms with Crippen LogP contribution < -0.4 is 4.74 Å². The number of aliphatic hydroxyl groups is 1. The van der Waals surface area contributed by atoms with Crippen molar-refractivity contribution >= 4 is 6.08 Å². The van der Waals surface area contributed by atoms with Crippen LogP contribution in [-0.2, 0) is 0 Å². The summed E-state index contributed by atoms with van der Waals surface area (Å²) < 4.78 is 5.33. The van der Waals surface area contributed by atoms with E-state index in [1.165, 1.54) is 0 Å². The molecule has 110 valence electrons. The molecule has 1 fully saturated rings. The number of methoxy groups -OCH3 is 1. The molecule has 2 rings (SSSR count). The van der Waals surface area contributed by atoms with E-state index in [2.05, 4.69) is 30.2 Å². The molecule has 0 aliphatic heterocycles. The van der Waals surface area contributed by atoms with Crippen LogP contribution in [0.15, 0.2) is 30.3 Å². The molecule has 0 heterocycles. The molecule has 1 saturated carbocycles. The molecule has 20 heavy (non-hydrogen) atoms. The van der Waals surface area contributed by atoms with E-state index < -0.39 is 0 Å². The van der Waals surface area contributed by atoms with Crippen LogP contribution in [0.3, 0.4) is 0 Å². The zero-order valence-electron chi connectivity index (χ0n) is 12.5. The van der Waals surface area contributed by atoms with Crippen LogP contribution in [0.25, 0.3) is 6.08 Å². The maximum atomic E-state index is 9.85. The van der Waals surface area contributed by atoms with Gasteiger partial charge in [0.05, 0.1) is 13.2 Å². The van der Waals surface area contributed by atoms with Crippen molar-refractivity contribution in [3.63, 3.8) is 0 Å². The molecule has 1 N–H and O–H groups in total. The Kier molecular flexibility index (Phi) is 5.62. The zero-order chi connectivity index (χ0) is 14.4. The number of ether oxygens (including phenoxy) is 1. The fourth-order valence-electron chi connectivity index (χ4n) is 2.87. The quantitative estimate of drug-likeness (QED) is 0.866. The Morgan fingerprint density at radius 1 is 1.35 bits per heavy atom. The van der Waals surface area contributed by atoms with E-state index in [0.717, 1.165) is 43.7 Å². The van der Waals surface area contributed by atoms with Crippen LogP contribution in [-0.4, -0.2) is 43.4 Å². The predicted octanol–water partition coefficient (Wildman–Crippen LogP) is 2.80. The zero-order valence-corrected chi connectivity index (χ0v) is 12.5. The monoisotopic (exact) mass is 275 g/mol. The van der Waals surface area contributed by atoms with Crippen LogP contribution in [0.2, 0.25) is 0 Å². The second-order valence-electron chi connectivity index (χ2n) is 5.62. The van der Waals surface area contributed by atoms with Crippen LogP contribution in [0, 0.1) is 5.92 Å². The summed E-state index contributed by atoms with van der Waals surface area (Å²) in [4.78, 5) is 2.27. The second-order valence-corrected chi connectivity index (χ2v) is 5.62. The smallest absolute Gasteiger partial charge is 0.126 e. The molecule has 1 aromatic carbocycles. The molecule has 1 aliphatic carbocycles. The lowest BCUT2D eigenvalue weighted by atomic mass is 10.1. The van der Waals surface area contributed by atoms with Gasteiger partial charge >= 0.3 is 0 Å². The summed E-state index contributed by atoms with van der Waals surface area (Å²) >= 11 is 0. The Morgan fingerprint density at radius 2 is 2.15 bits per heavy atom. The normalized spacial score (nSPS) is 22.8. The fourth-order valence-corrected chi connectivity index (χ4v) is 2.87. The van der Waals surface area contributed by atoms with Crippen LogP contribution >= 0.6 is 0 Å². The third-order valence-corrected chi connectivity index (χ3v) is 4.02. The molecule has 2 unspecified atom stereocenters. The first-order chi connectivity index (χ1) is 9.70. The van der Waals surface area contributed by atoms with Gasteiger partial charge in [0, 0.05) is 18.7 Å². The number of likely N-dealkylation sites (N-methyl/N-ethyl adjacent to an activating group) is 1. The number of hydrogen-bond donors (Lipinski definition) is 1. The van der Waals surface area contributed by atoms with E-state index in [1.54, 1.807) is 7.11 Å². The Morgan fingerprint density at radius 3 is 2.85 bits per heavy atom. The largest absolute Gasteiger partial charge is 0.496 e. The van der Waals surface area contributed by atoms with Crippen LogP contribution in [0.4, 0.5) is 0 Å². The fraction of sp³-hybridized carbons (Fsp3) is 0.529. The molecular weight excluding hydrogens is 250 g/mol. The minimum absolute atomic E-state index is 0.101. The van der Waals surface area contributed by atoms with E-state index in [9.17, 15) is 5.11 Å². The number of para-hydroxylation sites is 1. The number of nitrogens with zero attached hydrogens (tertiary/aromatic N) is 1. The van der Waals surface area contributed by atoms with Crippen molar-refractivity contribution in [1.29, 1.82) is 0 Å². The second kappa shape index (κ2) is 7.46. The molecular formula is C17H25NO2. The van der Waals surface area contributed by atoms with Gasteiger partial charge in [-0.05, 0) is 31.9 Å². The SMILES string of the molecule is COc1ccccc1/C=C/CN(C)CC1CCCC1O. The van der Waals surface area contributed by atoms with E-state index in [1.807, 2.05) is 18.2 Å². The summed E-state index contributed by atoms with van der Waals surface area (Å²) in [6.45, 7) is 1.86. The molecule has 3 heteroatoms. The Balaban J connectivity index is 1.83. The highest BCUT2D eigenvalue weighted by molar-refractivity contribution is 5.57. The molecule has 2 atom stereocenters. The average molecular weight is 275 g/mol. The average Bonchev–Trinajstić information content (AvgIpc) is 2.85. The number of rotatable bonds is 6. The number of aliphatic hydroxyl groups excluding tert-OH is 1. The van der Waals surface area contributed by atoms with E-state index in [4.69, 9.17) is 4.74 Å². The van der Waals surface area contributed by atoms with Crippen molar-refractivity contribution < 1.29 is 9.84 Å². The first kappa shape index (κ1) is 15.1. The Hall–Kier alpha value is -1.32. The minimum atomic E-state index is -0.101. The summed E-state index contributed by atoms with van der Waals surface area (Å²) in [6.07, 6.45) is 7.43. The number of hydrogen-bond acceptors (Lipinski definition) is 3. The summed E-state index contributed by atoms with van der Waals surface area (Å²) in [6, 6.07) is 8.01. The maximum absolute atomic E-state index is 9.85. The molecule has 0 spiro atoms. The van der Waals surface area contributed by atoms with Gasteiger partial charge in [0.25, 0.3) is 0 Å². The minimum Gasteiger partial charge on any atom is -0.496 e. The lowest BCUT2D eigenvalue weighted by molar-refractivity contribution is 0.112. The first-order valence-corrected chi connectivity index (χ1v) is 7.37. The van der Waals surface area contributed by atoms with E-state index in [-0.39, 0.29) is 6.10 Å². The maximum Gasteiger partial charge on any atom is 0.126 e. The van der Waals surface area contributed by atoms with Crippen molar-refractivity contribution in [3.8, 4) is 5.75 Å². The van der Waals surface area contributed by atoms with Gasteiger partial charge in [0.2, 0.25) is 0 Å². The van der Waals surface area contributed by atoms with Gasteiger partial charge in [-0.3, -0.25) is 0 Å². The van der Waals surface area contributed by atoms with Crippen LogP contribution in [0.1, 0.15) is 24.8 Å². The van der Waals surface area contributed by atoms with Gasteiger partial charge in [-0.15, -0.1) is 0 Å². The molecule has 0 aromatic heterocycles. The molecule has 1 aromatic rings. The molecule has 0 amide bonds. The van der Waals surface area contributed by atoms with Crippen molar-refractivity contribution in [3.05, 3.63) is 35.9 Å². The van der Waals surface area contributed by atoms with Crippen molar-refractivity contribution in [1.82, 2.24) is 4.90 Å². The molecule has 3 nitrogen and oxygen atoms in total. The third-order valence-electron chi connectivity index (χ3n) is 4.02. The first-order valence-electron chi connectivity index (χ1n) is 7.37. The molecule has 0 radical (unpaired) electrons. The molecule has 0 bridgehead atoms. The predicted molar refractivity (Wildman–Crippen MR) is 82.9 cm³/mol. The number of benzene rings is 1. The lowest BCUT2D eigenvalue weighted by Gasteiger charge is -2.21. The van der Waals surface area contributed by atoms with Crippen LogP contribution in [0.5, 0.6) is 5.75 Å². The van der Waals surface area contributed by atoms with Crippen molar-refractivity contribution in [2.75, 3.05) is 27.2 Å². The van der Waals surface area contributed by atoms with E-state index >= 15 is 0 Å². The van der Waals surface area contributed by atoms with Gasteiger partial charge in [-0.1, -0.05) is 36.8 Å². The summed E-state index contributed by atoms with van der Waals surface area (Å²) in [5.41, 5.74) is 1.10. The van der Waals surface area contributed by atoms with Crippen molar-refractivity contribution in [2.45, 2.75) is 25.4 Å². The lowest BCUT2D eigenvalue weighted by Crippen LogP contribution is -2.29. The topological polar surface area (TPSA) is 32.7 Å². The molecule has 0 saturated heterocycles. The molecule has 1 aliphatic rings. The van der Waals surface area contributed by atoms with Crippen molar-refractivity contribution in [2.24, 2.45) is 5.92 Å². The summed E-state index contributed by atoms with van der Waals surface area (Å²) in [7, 11) is 3.80. The highest BCUT2D eigenvalue weighted by Crippen LogP contribution is 2.26. The van der Waals surface area contributed by atoms with Gasteiger partial charge in [0.1, 0.15) is 5.75 Å². The van der Waals surface area contributed by atoms with Gasteiger partial charge in [-0.2, -0.15) is 0 Å². The summed E-state index contributed by atoms with van der Waals surface area (Å²) in [5.74, 6) is 1.34. The van der Waals surface area contributed by atoms with Gasteiger partial charge in [0.15, 0.2) is 0 Å². The van der Waals surface area contributed by atoms with Gasteiger partial charge in [-0.25, -0.2) is 0 Å². The standard InChI is InChI=1S/C17H25NO2/c1-18(13-15-8-5-10-16(15)19)12-6-9-14-7-3-4-11-17(14)20-2/h3-4,6-7,9,11,15-16,19H,5,8,10,12-13H2,1-2H3/b9-6+. The third kappa shape index (κ3) is 4.09. The Labute approximate surface area is 121 Å². The highest BCUT2D eigenvalue weighted by Gasteiger charge is 2.25. The summed E-state index contributed by atoms with van der Waals surface area (Å²) in [5, 5.41) is 9.85. The van der Waals surface area contributed by atoms with Gasteiger partial charge < -0.3 is 14.7 Å². The Bertz CT molecular complexity index is 444. The highest BCUT2D eigenvalue weighted by atomic mass is 16.5. The van der Waals surface area contributed by atoms with E-state index in [0.29, 0.717) is 5.92 Å².